The average molecular weight is 370 g/mol. The Kier molecular flexibility index (Phi) is 5.66. The van der Waals surface area contributed by atoms with E-state index < -0.39 is 30.1 Å². The van der Waals surface area contributed by atoms with Crippen LogP contribution in [0.5, 0.6) is 0 Å². The maximum atomic E-state index is 14.2. The first-order chi connectivity index (χ1) is 11.3. The molecule has 0 saturated carbocycles. The van der Waals surface area contributed by atoms with E-state index in [1.807, 2.05) is 6.04 Å². The zero-order valence-electron chi connectivity index (χ0n) is 12.1. The number of halogens is 4. The Hall–Kier alpha value is -2.29. The molecule has 1 unspecified atom stereocenters. The van der Waals surface area contributed by atoms with Crippen molar-refractivity contribution in [2.75, 3.05) is 0 Å². The SMILES string of the molecule is C#CNC(CC(=O)O)c1cc(-c2c(Cl)cccc2Cl)cc(F)c1F. The van der Waals surface area contributed by atoms with Crippen molar-refractivity contribution in [2.45, 2.75) is 12.5 Å². The number of aliphatic carboxylic acids is 1. The van der Waals surface area contributed by atoms with Crippen LogP contribution in [0.2, 0.25) is 10.0 Å². The highest BCUT2D eigenvalue weighted by molar-refractivity contribution is 6.39. The Morgan fingerprint density at radius 3 is 2.46 bits per heavy atom. The summed E-state index contributed by atoms with van der Waals surface area (Å²) in [6.45, 7) is 0. The Labute approximate surface area is 147 Å². The summed E-state index contributed by atoms with van der Waals surface area (Å²) in [4.78, 5) is 11.0. The first-order valence-electron chi connectivity index (χ1n) is 6.71. The lowest BCUT2D eigenvalue weighted by Gasteiger charge is -2.17. The number of hydrogen-bond acceptors (Lipinski definition) is 2. The second kappa shape index (κ2) is 7.52. The molecule has 0 amide bonds. The third-order valence-corrected chi connectivity index (χ3v) is 3.95. The summed E-state index contributed by atoms with van der Waals surface area (Å²) in [5.41, 5.74) is 0.311. The van der Waals surface area contributed by atoms with Crippen molar-refractivity contribution in [1.82, 2.24) is 5.32 Å². The van der Waals surface area contributed by atoms with Gasteiger partial charge in [-0.05, 0) is 29.8 Å². The van der Waals surface area contributed by atoms with Crippen molar-refractivity contribution in [2.24, 2.45) is 0 Å². The molecule has 0 saturated heterocycles. The van der Waals surface area contributed by atoms with Crippen LogP contribution in [0, 0.1) is 24.1 Å². The van der Waals surface area contributed by atoms with E-state index in [2.05, 4.69) is 5.32 Å². The second-order valence-electron chi connectivity index (χ2n) is 4.90. The Morgan fingerprint density at radius 1 is 1.29 bits per heavy atom. The van der Waals surface area contributed by atoms with E-state index >= 15 is 0 Å². The van der Waals surface area contributed by atoms with E-state index in [0.29, 0.717) is 5.56 Å². The molecular formula is C17H11Cl2F2NO2. The van der Waals surface area contributed by atoms with Crippen molar-refractivity contribution >= 4 is 29.2 Å². The summed E-state index contributed by atoms with van der Waals surface area (Å²) in [5, 5.41) is 11.8. The summed E-state index contributed by atoms with van der Waals surface area (Å²) in [5.74, 6) is -3.56. The van der Waals surface area contributed by atoms with Gasteiger partial charge in [-0.3, -0.25) is 4.79 Å². The van der Waals surface area contributed by atoms with Crippen LogP contribution in [-0.2, 0) is 4.79 Å². The van der Waals surface area contributed by atoms with Crippen LogP contribution in [0.3, 0.4) is 0 Å². The molecule has 0 heterocycles. The topological polar surface area (TPSA) is 49.3 Å². The monoisotopic (exact) mass is 369 g/mol. The fourth-order valence-electron chi connectivity index (χ4n) is 2.30. The lowest BCUT2D eigenvalue weighted by Crippen LogP contribution is -2.21. The van der Waals surface area contributed by atoms with E-state index in [0.717, 1.165) is 6.07 Å². The van der Waals surface area contributed by atoms with E-state index in [-0.39, 0.29) is 21.2 Å². The first-order valence-corrected chi connectivity index (χ1v) is 7.47. The minimum absolute atomic E-state index is 0.216. The van der Waals surface area contributed by atoms with Crippen molar-refractivity contribution in [1.29, 1.82) is 0 Å². The minimum atomic E-state index is -1.22. The molecule has 0 spiro atoms. The number of nitrogens with one attached hydrogen (secondary N) is 1. The van der Waals surface area contributed by atoms with E-state index in [4.69, 9.17) is 34.7 Å². The molecule has 0 fully saturated rings. The van der Waals surface area contributed by atoms with Crippen LogP contribution in [0.1, 0.15) is 18.0 Å². The maximum absolute atomic E-state index is 14.2. The van der Waals surface area contributed by atoms with Gasteiger partial charge in [0.05, 0.1) is 12.5 Å². The molecule has 0 radical (unpaired) electrons. The fourth-order valence-corrected chi connectivity index (χ4v) is 2.91. The van der Waals surface area contributed by atoms with Crippen LogP contribution in [0.15, 0.2) is 30.3 Å². The Morgan fingerprint density at radius 2 is 1.92 bits per heavy atom. The van der Waals surface area contributed by atoms with Crippen LogP contribution in [-0.4, -0.2) is 11.1 Å². The van der Waals surface area contributed by atoms with E-state index in [1.165, 1.54) is 6.07 Å². The summed E-state index contributed by atoms with van der Waals surface area (Å²) < 4.78 is 28.2. The molecule has 2 aromatic carbocycles. The van der Waals surface area contributed by atoms with Gasteiger partial charge in [-0.2, -0.15) is 0 Å². The van der Waals surface area contributed by atoms with Crippen molar-refractivity contribution < 1.29 is 18.7 Å². The van der Waals surface area contributed by atoms with Crippen molar-refractivity contribution in [3.63, 3.8) is 0 Å². The highest BCUT2D eigenvalue weighted by Crippen LogP contribution is 2.37. The van der Waals surface area contributed by atoms with Gasteiger partial charge in [0.15, 0.2) is 11.6 Å². The van der Waals surface area contributed by atoms with E-state index in [1.54, 1.807) is 18.2 Å². The van der Waals surface area contributed by atoms with Crippen LogP contribution in [0.4, 0.5) is 8.78 Å². The lowest BCUT2D eigenvalue weighted by atomic mass is 9.96. The standard InChI is InChI=1S/C17H11Cl2F2NO2/c1-2-22-14(8-15(23)24)10-6-9(7-13(20)17(10)21)16-11(18)4-3-5-12(16)19/h1,3-7,14,22H,8H2,(H,23,24). The molecule has 3 nitrogen and oxygen atoms in total. The number of terminal acetylenes is 1. The Balaban J connectivity index is 2.64. The molecule has 0 aromatic heterocycles. The second-order valence-corrected chi connectivity index (χ2v) is 5.71. The molecule has 0 aliphatic heterocycles. The molecule has 1 atom stereocenters. The summed E-state index contributed by atoms with van der Waals surface area (Å²) in [7, 11) is 0. The zero-order valence-corrected chi connectivity index (χ0v) is 13.6. The molecule has 24 heavy (non-hydrogen) atoms. The largest absolute Gasteiger partial charge is 0.481 e. The number of carboxylic acids is 1. The van der Waals surface area contributed by atoms with Gasteiger partial charge in [-0.15, -0.1) is 0 Å². The smallest absolute Gasteiger partial charge is 0.305 e. The number of carbonyl (C=O) groups is 1. The van der Waals surface area contributed by atoms with Crippen molar-refractivity contribution in [3.8, 4) is 23.6 Å². The van der Waals surface area contributed by atoms with Gasteiger partial charge in [0.2, 0.25) is 0 Å². The van der Waals surface area contributed by atoms with E-state index in [9.17, 15) is 13.6 Å². The zero-order chi connectivity index (χ0) is 17.9. The van der Waals surface area contributed by atoms with Gasteiger partial charge in [-0.1, -0.05) is 35.7 Å². The highest BCUT2D eigenvalue weighted by Gasteiger charge is 2.23. The van der Waals surface area contributed by atoms with Gasteiger partial charge < -0.3 is 10.4 Å². The van der Waals surface area contributed by atoms with Crippen LogP contribution < -0.4 is 5.32 Å². The average Bonchev–Trinajstić information content (AvgIpc) is 2.49. The lowest BCUT2D eigenvalue weighted by molar-refractivity contribution is -0.137. The molecule has 7 heteroatoms. The molecular weight excluding hydrogens is 359 g/mol. The third kappa shape index (κ3) is 3.78. The minimum Gasteiger partial charge on any atom is -0.481 e. The predicted molar refractivity (Wildman–Crippen MR) is 88.8 cm³/mol. The van der Waals surface area contributed by atoms with Crippen LogP contribution in [0.25, 0.3) is 11.1 Å². The molecule has 124 valence electrons. The number of hydrogen-bond donors (Lipinski definition) is 2. The first kappa shape index (κ1) is 18.1. The molecule has 0 bridgehead atoms. The highest BCUT2D eigenvalue weighted by atomic mass is 35.5. The fraction of sp³-hybridized carbons (Fsp3) is 0.118. The Bertz CT molecular complexity index is 814. The molecule has 2 N–H and O–H groups in total. The van der Waals surface area contributed by atoms with Gasteiger partial charge >= 0.3 is 5.97 Å². The summed E-state index contributed by atoms with van der Waals surface area (Å²) in [6, 6.07) is 7.88. The maximum Gasteiger partial charge on any atom is 0.305 e. The quantitative estimate of drug-likeness (QED) is 0.596. The normalized spacial score (nSPS) is 11.6. The number of benzene rings is 2. The van der Waals surface area contributed by atoms with Gasteiger partial charge in [0.1, 0.15) is 0 Å². The van der Waals surface area contributed by atoms with Gasteiger partial charge in [0.25, 0.3) is 0 Å². The van der Waals surface area contributed by atoms with Gasteiger partial charge in [0, 0.05) is 27.2 Å². The molecule has 0 aliphatic rings. The molecule has 0 aliphatic carbocycles. The summed E-state index contributed by atoms with van der Waals surface area (Å²) >= 11 is 12.2. The number of carboxylic acid groups (broad SMARTS) is 1. The molecule has 2 aromatic rings. The number of rotatable bonds is 5. The van der Waals surface area contributed by atoms with Crippen molar-refractivity contribution in [3.05, 3.63) is 57.6 Å². The molecule has 2 rings (SSSR count). The van der Waals surface area contributed by atoms with Crippen LogP contribution >= 0.6 is 23.2 Å². The third-order valence-electron chi connectivity index (χ3n) is 3.32. The van der Waals surface area contributed by atoms with Gasteiger partial charge in [-0.25, -0.2) is 8.78 Å². The predicted octanol–water partition coefficient (Wildman–Crippen LogP) is 4.63. The summed E-state index contributed by atoms with van der Waals surface area (Å²) in [6.07, 6.45) is 4.59.